The fraction of sp³-hybridized carbons (Fsp3) is 0.286. The summed E-state index contributed by atoms with van der Waals surface area (Å²) in [5, 5.41) is 10.4. The number of carbonyl (C=O) groups is 1. The zero-order valence-electron chi connectivity index (χ0n) is 18.1. The van der Waals surface area contributed by atoms with Crippen LogP contribution >= 0.6 is 11.3 Å². The number of halogens is 3. The lowest BCUT2D eigenvalue weighted by molar-refractivity contribution is -0.274. The summed E-state index contributed by atoms with van der Waals surface area (Å²) in [6.07, 6.45) is -4.58. The van der Waals surface area contributed by atoms with Gasteiger partial charge in [0, 0.05) is 12.6 Å². The van der Waals surface area contributed by atoms with Crippen molar-refractivity contribution < 1.29 is 31.1 Å². The van der Waals surface area contributed by atoms with Crippen molar-refractivity contribution in [3.05, 3.63) is 65.2 Å². The van der Waals surface area contributed by atoms with Crippen LogP contribution in [0.5, 0.6) is 5.75 Å². The maximum atomic E-state index is 13.1. The third-order valence-electron chi connectivity index (χ3n) is 4.54. The molecular weight excluding hydrogens is 493 g/mol. The number of nitrogens with zero attached hydrogens (tertiary/aromatic N) is 3. The maximum absolute atomic E-state index is 13.1. The third kappa shape index (κ3) is 6.23. The normalized spacial score (nSPS) is 11.9. The van der Waals surface area contributed by atoms with Gasteiger partial charge < -0.3 is 10.1 Å². The summed E-state index contributed by atoms with van der Waals surface area (Å²) in [4.78, 5) is 12.4. The molecule has 3 aromatic rings. The first kappa shape index (κ1) is 25.4. The number of sulfonamides is 1. The Bertz CT molecular complexity index is 1220. The molecule has 1 N–H and O–H groups in total. The van der Waals surface area contributed by atoms with E-state index in [-0.39, 0.29) is 28.2 Å². The van der Waals surface area contributed by atoms with Crippen LogP contribution in [0.2, 0.25) is 0 Å². The topological polar surface area (TPSA) is 101 Å². The van der Waals surface area contributed by atoms with Gasteiger partial charge in [0.15, 0.2) is 0 Å². The number of ether oxygens (including phenoxy) is 1. The van der Waals surface area contributed by atoms with E-state index in [9.17, 15) is 26.4 Å². The molecule has 0 fully saturated rings. The van der Waals surface area contributed by atoms with Crippen molar-refractivity contribution in [2.75, 3.05) is 10.8 Å². The highest BCUT2D eigenvalue weighted by Gasteiger charge is 2.33. The Hall–Kier alpha value is -3.19. The number of rotatable bonds is 9. The molecule has 1 amide bonds. The van der Waals surface area contributed by atoms with Gasteiger partial charge in [-0.25, -0.2) is 12.7 Å². The number of anilines is 1. The fourth-order valence-corrected chi connectivity index (χ4v) is 5.62. The summed E-state index contributed by atoms with van der Waals surface area (Å²) in [7, 11) is -3.86. The predicted molar refractivity (Wildman–Crippen MR) is 120 cm³/mol. The molecule has 13 heteroatoms. The number of para-hydroxylation sites is 1. The fourth-order valence-electron chi connectivity index (χ4n) is 3.09. The highest BCUT2D eigenvalue weighted by Crippen LogP contribution is 2.28. The van der Waals surface area contributed by atoms with Crippen molar-refractivity contribution in [3.63, 3.8) is 0 Å². The van der Waals surface area contributed by atoms with Crippen molar-refractivity contribution in [2.45, 2.75) is 37.6 Å². The molecule has 0 aliphatic rings. The molecule has 2 aromatic carbocycles. The second kappa shape index (κ2) is 10.4. The number of hydrogen-bond donors (Lipinski definition) is 1. The number of benzene rings is 2. The first-order chi connectivity index (χ1) is 16.0. The smallest absolute Gasteiger partial charge is 0.405 e. The van der Waals surface area contributed by atoms with Crippen molar-refractivity contribution >= 4 is 32.4 Å². The molecular formula is C21H21F3N4O4S2. The van der Waals surface area contributed by atoms with Crippen LogP contribution in [0.1, 0.15) is 29.8 Å². The van der Waals surface area contributed by atoms with Gasteiger partial charge >= 0.3 is 6.36 Å². The molecule has 3 rings (SSSR count). The third-order valence-corrected chi connectivity index (χ3v) is 7.33. The lowest BCUT2D eigenvalue weighted by atomic mass is 10.1. The molecule has 8 nitrogen and oxygen atoms in total. The SMILES string of the molecule is CC(C)N(c1nncs1)S(=O)(=O)c1ccc(CCNC(=O)c2ccccc2OC(F)(F)F)cc1. The first-order valence-electron chi connectivity index (χ1n) is 10.0. The summed E-state index contributed by atoms with van der Waals surface area (Å²) in [5.41, 5.74) is 1.93. The van der Waals surface area contributed by atoms with E-state index in [4.69, 9.17) is 0 Å². The summed E-state index contributed by atoms with van der Waals surface area (Å²) >= 11 is 1.11. The van der Waals surface area contributed by atoms with Crippen LogP contribution in [0.25, 0.3) is 0 Å². The van der Waals surface area contributed by atoms with E-state index >= 15 is 0 Å². The zero-order valence-corrected chi connectivity index (χ0v) is 19.7. The number of carbonyl (C=O) groups excluding carboxylic acids is 1. The monoisotopic (exact) mass is 514 g/mol. The van der Waals surface area contributed by atoms with Gasteiger partial charge in [0.1, 0.15) is 11.3 Å². The van der Waals surface area contributed by atoms with Crippen LogP contribution in [0, 0.1) is 0 Å². The molecule has 0 radical (unpaired) electrons. The lowest BCUT2D eigenvalue weighted by Crippen LogP contribution is -2.37. The predicted octanol–water partition coefficient (Wildman–Crippen LogP) is 4.01. The van der Waals surface area contributed by atoms with Gasteiger partial charge in [0.05, 0.1) is 10.5 Å². The van der Waals surface area contributed by atoms with Crippen LogP contribution in [0.15, 0.2) is 58.9 Å². The Kier molecular flexibility index (Phi) is 7.77. The van der Waals surface area contributed by atoms with Gasteiger partial charge in [0.25, 0.3) is 15.9 Å². The highest BCUT2D eigenvalue weighted by atomic mass is 32.2. The van der Waals surface area contributed by atoms with Gasteiger partial charge in [-0.2, -0.15) is 0 Å². The number of aromatic nitrogens is 2. The molecule has 0 unspecified atom stereocenters. The minimum atomic E-state index is -4.92. The van der Waals surface area contributed by atoms with Crippen molar-refractivity contribution in [3.8, 4) is 5.75 Å². The molecule has 0 bridgehead atoms. The van der Waals surface area contributed by atoms with Crippen LogP contribution in [-0.2, 0) is 16.4 Å². The van der Waals surface area contributed by atoms with E-state index < -0.39 is 28.0 Å². The molecule has 0 aliphatic heterocycles. The van der Waals surface area contributed by atoms with E-state index in [2.05, 4.69) is 20.3 Å². The van der Waals surface area contributed by atoms with E-state index in [1.165, 1.54) is 40.1 Å². The second-order valence-corrected chi connectivity index (χ2v) is 9.94. The molecule has 1 heterocycles. The molecule has 0 spiro atoms. The van der Waals surface area contributed by atoms with Gasteiger partial charge in [-0.15, -0.1) is 23.4 Å². The van der Waals surface area contributed by atoms with E-state index in [0.29, 0.717) is 6.42 Å². The molecule has 34 heavy (non-hydrogen) atoms. The van der Waals surface area contributed by atoms with Gasteiger partial charge in [0.2, 0.25) is 5.13 Å². The second-order valence-electron chi connectivity index (χ2n) is 7.31. The molecule has 182 valence electrons. The molecule has 0 saturated carbocycles. The van der Waals surface area contributed by atoms with E-state index in [1.807, 2.05) is 0 Å². The number of amides is 1. The first-order valence-corrected chi connectivity index (χ1v) is 12.3. The maximum Gasteiger partial charge on any atom is 0.573 e. The standard InChI is InChI=1S/C21H21F3N4O4S2/c1-14(2)28(20-27-26-13-33-20)34(30,31)16-9-7-15(8-10-16)11-12-25-19(29)17-5-3-4-6-18(17)32-21(22,23)24/h3-10,13-14H,11-12H2,1-2H3,(H,25,29). The van der Waals surface area contributed by atoms with Crippen LogP contribution < -0.4 is 14.4 Å². The van der Waals surface area contributed by atoms with Gasteiger partial charge in [-0.05, 0) is 50.1 Å². The Morgan fingerprint density at radius 2 is 1.82 bits per heavy atom. The Morgan fingerprint density at radius 3 is 2.41 bits per heavy atom. The Morgan fingerprint density at radius 1 is 1.15 bits per heavy atom. The van der Waals surface area contributed by atoms with Crippen LogP contribution in [0.4, 0.5) is 18.3 Å². The average molecular weight is 515 g/mol. The summed E-state index contributed by atoms with van der Waals surface area (Å²) in [6, 6.07) is 10.8. The van der Waals surface area contributed by atoms with Crippen molar-refractivity contribution in [1.82, 2.24) is 15.5 Å². The Balaban J connectivity index is 1.64. The largest absolute Gasteiger partial charge is 0.573 e. The summed E-state index contributed by atoms with van der Waals surface area (Å²) in [6.45, 7) is 3.58. The van der Waals surface area contributed by atoms with Crippen LogP contribution in [-0.4, -0.2) is 43.5 Å². The van der Waals surface area contributed by atoms with Crippen molar-refractivity contribution in [1.29, 1.82) is 0 Å². The Labute approximate surface area is 198 Å². The molecule has 0 saturated heterocycles. The summed E-state index contributed by atoms with van der Waals surface area (Å²) < 4.78 is 68.9. The lowest BCUT2D eigenvalue weighted by Gasteiger charge is -2.25. The molecule has 0 atom stereocenters. The van der Waals surface area contributed by atoms with Crippen molar-refractivity contribution in [2.24, 2.45) is 0 Å². The van der Waals surface area contributed by atoms with Gasteiger partial charge in [-0.1, -0.05) is 35.6 Å². The minimum Gasteiger partial charge on any atom is -0.405 e. The number of nitrogens with one attached hydrogen (secondary N) is 1. The number of hydrogen-bond acceptors (Lipinski definition) is 7. The number of alkyl halides is 3. The average Bonchev–Trinajstić information content (AvgIpc) is 3.27. The van der Waals surface area contributed by atoms with E-state index in [1.54, 1.807) is 26.0 Å². The zero-order chi connectivity index (χ0) is 24.9. The van der Waals surface area contributed by atoms with Gasteiger partial charge in [-0.3, -0.25) is 4.79 Å². The molecule has 1 aromatic heterocycles. The van der Waals surface area contributed by atoms with Crippen LogP contribution in [0.3, 0.4) is 0 Å². The minimum absolute atomic E-state index is 0.0717. The molecule has 0 aliphatic carbocycles. The summed E-state index contributed by atoms with van der Waals surface area (Å²) in [5.74, 6) is -1.31. The van der Waals surface area contributed by atoms with E-state index in [0.717, 1.165) is 23.0 Å². The highest BCUT2D eigenvalue weighted by molar-refractivity contribution is 7.93. The quantitative estimate of drug-likeness (QED) is 0.463.